The van der Waals surface area contributed by atoms with E-state index in [0.717, 1.165) is 28.3 Å². The quantitative estimate of drug-likeness (QED) is 0.585. The van der Waals surface area contributed by atoms with Gasteiger partial charge in [0.05, 0.1) is 0 Å². The molecule has 67 valence electrons. The Morgan fingerprint density at radius 1 is 0.818 bits per heavy atom. The van der Waals surface area contributed by atoms with Gasteiger partial charge in [-0.15, -0.1) is 11.6 Å². The topological polar surface area (TPSA) is 6.48 Å². The summed E-state index contributed by atoms with van der Waals surface area (Å²) < 4.78 is 0. The minimum Gasteiger partial charge on any atom is -0.308 e. The Morgan fingerprint density at radius 2 is 1.00 bits per heavy atom. The zero-order valence-electron chi connectivity index (χ0n) is 8.89. The molecule has 1 radical (unpaired) electrons. The Balaban J connectivity index is 0. The van der Waals surface area contributed by atoms with Crippen LogP contribution in [-0.4, -0.2) is 66.3 Å². The van der Waals surface area contributed by atoms with Gasteiger partial charge in [0, 0.05) is 13.1 Å². The van der Waals surface area contributed by atoms with Gasteiger partial charge in [0.2, 0.25) is 0 Å². The molecule has 0 aliphatic carbocycles. The van der Waals surface area contributed by atoms with E-state index in [-0.39, 0.29) is 0 Å². The van der Waals surface area contributed by atoms with Gasteiger partial charge < -0.3 is 9.80 Å². The van der Waals surface area contributed by atoms with Gasteiger partial charge in [0.25, 0.3) is 0 Å². The first-order chi connectivity index (χ1) is 5.04. The molecule has 0 N–H and O–H groups in total. The van der Waals surface area contributed by atoms with Crippen molar-refractivity contribution in [1.29, 1.82) is 0 Å². The van der Waals surface area contributed by atoms with Gasteiger partial charge in [0.15, 0.2) is 15.2 Å². The normalized spacial score (nSPS) is 9.45. The monoisotopic (exact) mass is 173 g/mol. The number of nitrogens with zero attached hydrogens (tertiary/aromatic N) is 2. The Bertz CT molecular complexity index is 57.1. The van der Waals surface area contributed by atoms with Gasteiger partial charge in [-0.25, -0.2) is 0 Å². The van der Waals surface area contributed by atoms with E-state index in [9.17, 15) is 0 Å². The third-order valence-corrected chi connectivity index (χ3v) is 0.994. The highest BCUT2D eigenvalue weighted by atomic mass is 27.1. The van der Waals surface area contributed by atoms with Crippen molar-refractivity contribution in [3.05, 3.63) is 0 Å². The number of hydrogen-bond acceptors (Lipinski definition) is 2. The molecule has 3 heteroatoms. The number of rotatable bonds is 3. The first-order valence-corrected chi connectivity index (χ1v) is 6.39. The second-order valence-corrected chi connectivity index (χ2v) is 4.34. The second kappa shape index (κ2) is 10.5. The lowest BCUT2D eigenvalue weighted by atomic mass is 10.5. The van der Waals surface area contributed by atoms with Gasteiger partial charge >= 0.3 is 0 Å². The highest BCUT2D eigenvalue weighted by molar-refractivity contribution is 6.31. The third kappa shape index (κ3) is 25.1. The maximum Gasteiger partial charge on any atom is 0.191 e. The molecule has 0 bridgehead atoms. The average molecular weight is 173 g/mol. The molecule has 0 aromatic carbocycles. The van der Waals surface area contributed by atoms with Gasteiger partial charge in [-0.3, -0.25) is 0 Å². The SMILES string of the molecule is CN(C)CCN(C)C.[CH3][Al][CH3]. The van der Waals surface area contributed by atoms with E-state index in [1.165, 1.54) is 0 Å². The van der Waals surface area contributed by atoms with Crippen LogP contribution < -0.4 is 0 Å². The van der Waals surface area contributed by atoms with Crippen LogP contribution in [0.1, 0.15) is 0 Å². The minimum atomic E-state index is 0.750. The molecule has 0 amide bonds. The molecule has 0 saturated carbocycles. The highest BCUT2D eigenvalue weighted by Crippen LogP contribution is 1.76. The van der Waals surface area contributed by atoms with Crippen molar-refractivity contribution in [2.24, 2.45) is 0 Å². The lowest BCUT2D eigenvalue weighted by Gasteiger charge is -2.13. The van der Waals surface area contributed by atoms with Crippen molar-refractivity contribution in [3.8, 4) is 0 Å². The van der Waals surface area contributed by atoms with Crippen LogP contribution in [0, 0.1) is 0 Å². The summed E-state index contributed by atoms with van der Waals surface area (Å²) in [6, 6.07) is 0. The molecular weight excluding hydrogens is 151 g/mol. The van der Waals surface area contributed by atoms with E-state index in [1.54, 1.807) is 0 Å². The van der Waals surface area contributed by atoms with Crippen molar-refractivity contribution in [3.63, 3.8) is 0 Å². The van der Waals surface area contributed by atoms with Crippen molar-refractivity contribution in [2.75, 3.05) is 41.3 Å². The molecule has 0 atom stereocenters. The molecule has 0 spiro atoms. The fourth-order valence-electron chi connectivity index (χ4n) is 0.400. The molecule has 0 aromatic rings. The molecule has 0 unspecified atom stereocenters. The van der Waals surface area contributed by atoms with Crippen LogP contribution in [0.15, 0.2) is 0 Å². The summed E-state index contributed by atoms with van der Waals surface area (Å²) in [6.07, 6.45) is 0. The molecular formula is C8H22AlN2. The van der Waals surface area contributed by atoms with Crippen LogP contribution in [0.5, 0.6) is 0 Å². The molecule has 0 saturated heterocycles. The van der Waals surface area contributed by atoms with Crippen LogP contribution in [0.25, 0.3) is 0 Å². The molecule has 0 fully saturated rings. The van der Waals surface area contributed by atoms with E-state index >= 15 is 0 Å². The van der Waals surface area contributed by atoms with E-state index in [4.69, 9.17) is 0 Å². The molecule has 0 heterocycles. The van der Waals surface area contributed by atoms with Crippen LogP contribution in [0.4, 0.5) is 0 Å². The summed E-state index contributed by atoms with van der Waals surface area (Å²) in [6.45, 7) is 2.29. The van der Waals surface area contributed by atoms with Crippen molar-refractivity contribution < 1.29 is 0 Å². The Morgan fingerprint density at radius 3 is 1.09 bits per heavy atom. The lowest BCUT2D eigenvalue weighted by Crippen LogP contribution is -2.25. The van der Waals surface area contributed by atoms with Gasteiger partial charge in [-0.2, -0.15) is 0 Å². The first-order valence-electron chi connectivity index (χ1n) is 4.08. The first kappa shape index (κ1) is 14.0. The molecule has 0 aromatic heterocycles. The lowest BCUT2D eigenvalue weighted by molar-refractivity contribution is 0.320. The maximum atomic E-state index is 2.21. The molecule has 0 rings (SSSR count). The van der Waals surface area contributed by atoms with Crippen LogP contribution >= 0.6 is 0 Å². The van der Waals surface area contributed by atoms with Crippen molar-refractivity contribution in [2.45, 2.75) is 11.6 Å². The summed E-state index contributed by atoms with van der Waals surface area (Å²) in [7, 11) is 8.35. The summed E-state index contributed by atoms with van der Waals surface area (Å²) in [5, 5.41) is 0. The largest absolute Gasteiger partial charge is 0.308 e. The minimum absolute atomic E-state index is 0.750. The number of hydrogen-bond donors (Lipinski definition) is 0. The summed E-state index contributed by atoms with van der Waals surface area (Å²) in [5.41, 5.74) is 0. The predicted molar refractivity (Wildman–Crippen MR) is 54.6 cm³/mol. The zero-order chi connectivity index (χ0) is 9.28. The molecule has 2 nitrogen and oxygen atoms in total. The van der Waals surface area contributed by atoms with Gasteiger partial charge in [0.1, 0.15) is 0 Å². The Labute approximate surface area is 78.3 Å². The van der Waals surface area contributed by atoms with Crippen LogP contribution in [-0.2, 0) is 0 Å². The molecule has 11 heavy (non-hydrogen) atoms. The Kier molecular flexibility index (Phi) is 13.3. The highest BCUT2D eigenvalue weighted by Gasteiger charge is 1.89. The zero-order valence-corrected chi connectivity index (χ0v) is 10.0. The van der Waals surface area contributed by atoms with E-state index in [0.29, 0.717) is 0 Å². The summed E-state index contributed by atoms with van der Waals surface area (Å²) in [5.74, 6) is 4.42. The predicted octanol–water partition coefficient (Wildman–Crippen LogP) is 0.896. The van der Waals surface area contributed by atoms with Crippen molar-refractivity contribution in [1.82, 2.24) is 9.80 Å². The summed E-state index contributed by atoms with van der Waals surface area (Å²) >= 11 is 0.750. The van der Waals surface area contributed by atoms with Crippen LogP contribution in [0.2, 0.25) is 11.6 Å². The van der Waals surface area contributed by atoms with E-state index < -0.39 is 0 Å². The average Bonchev–Trinajstić information content (AvgIpc) is 1.85. The van der Waals surface area contributed by atoms with Gasteiger partial charge in [-0.1, -0.05) is 0 Å². The maximum absolute atomic E-state index is 2.21. The van der Waals surface area contributed by atoms with E-state index in [2.05, 4.69) is 49.6 Å². The standard InChI is InChI=1S/C6H16N2.2CH3.Al/c1-7(2)5-6-8(3)4;;;/h5-6H2,1-4H3;2*1H3;. The fraction of sp³-hybridized carbons (Fsp3) is 1.00. The van der Waals surface area contributed by atoms with Crippen LogP contribution in [0.3, 0.4) is 0 Å². The Hall–Kier alpha value is 0.452. The van der Waals surface area contributed by atoms with E-state index in [1.807, 2.05) is 0 Å². The fourth-order valence-corrected chi connectivity index (χ4v) is 0.400. The molecule has 0 aliphatic heterocycles. The second-order valence-electron chi connectivity index (χ2n) is 3.18. The van der Waals surface area contributed by atoms with Crippen molar-refractivity contribution >= 4 is 15.2 Å². The smallest absolute Gasteiger partial charge is 0.191 e. The number of likely N-dealkylation sites (N-methyl/N-ethyl adjacent to an activating group) is 2. The third-order valence-electron chi connectivity index (χ3n) is 0.994. The van der Waals surface area contributed by atoms with Gasteiger partial charge in [-0.05, 0) is 28.2 Å². The molecule has 0 aliphatic rings. The summed E-state index contributed by atoms with van der Waals surface area (Å²) in [4.78, 5) is 4.36.